The molecule has 1 unspecified atom stereocenters. The summed E-state index contributed by atoms with van der Waals surface area (Å²) in [7, 11) is 0. The average Bonchev–Trinajstić information content (AvgIpc) is 3.30. The van der Waals surface area contributed by atoms with Gasteiger partial charge in [0.15, 0.2) is 0 Å². The second-order valence-corrected chi connectivity index (χ2v) is 15.7. The van der Waals surface area contributed by atoms with E-state index in [1.54, 1.807) is 12.1 Å². The first-order chi connectivity index (χ1) is 22.5. The largest absolute Gasteiger partial charge is 0.493 e. The molecule has 0 saturated heterocycles. The van der Waals surface area contributed by atoms with E-state index in [0.717, 1.165) is 49.3 Å². The van der Waals surface area contributed by atoms with E-state index in [1.165, 1.54) is 35.2 Å². The lowest BCUT2D eigenvalue weighted by atomic mass is 9.59. The van der Waals surface area contributed by atoms with Crippen LogP contribution in [0.15, 0.2) is 48.7 Å². The minimum absolute atomic E-state index is 0.177. The van der Waals surface area contributed by atoms with Gasteiger partial charge in [-0.25, -0.2) is 4.79 Å². The molecule has 2 aromatic carbocycles. The standard InChI is InChI=1S/C39H48Cl2N2O4/c1-24(2)22-46-35-21-31-27(19-32(35)41)18-28(17-25(3)23-47-34-11-16-42-33-10-5-7-26(4)36(33)34)38(31)12-14-39(15-13-38,37(44)45)43-30-9-6-8-29(40)20-30/h6,8-9,11,16,19-21,24-26,28,43H,5,7,10,12-15,17-18,22-23H2,1-4H3,(H,44,45)/t25-,26-,28?,38?,39?/m1/s1. The number of fused-ring (bicyclic) bond motifs is 3. The minimum atomic E-state index is -1.07. The average molecular weight is 680 g/mol. The number of anilines is 1. The summed E-state index contributed by atoms with van der Waals surface area (Å²) in [6, 6.07) is 13.6. The lowest BCUT2D eigenvalue weighted by Crippen LogP contribution is -2.53. The summed E-state index contributed by atoms with van der Waals surface area (Å²) < 4.78 is 12.8. The number of aromatic nitrogens is 1. The number of benzene rings is 2. The molecule has 6 rings (SSSR count). The van der Waals surface area contributed by atoms with E-state index in [0.29, 0.717) is 59.8 Å². The predicted octanol–water partition coefficient (Wildman–Crippen LogP) is 9.89. The fourth-order valence-electron chi connectivity index (χ4n) is 8.47. The fraction of sp³-hybridized carbons (Fsp3) is 0.538. The van der Waals surface area contributed by atoms with E-state index in [9.17, 15) is 9.90 Å². The Morgan fingerprint density at radius 3 is 2.53 bits per heavy atom. The van der Waals surface area contributed by atoms with Crippen molar-refractivity contribution in [1.82, 2.24) is 4.98 Å². The van der Waals surface area contributed by atoms with Gasteiger partial charge in [-0.05, 0) is 134 Å². The quantitative estimate of drug-likeness (QED) is 0.210. The Morgan fingerprint density at radius 1 is 1.04 bits per heavy atom. The van der Waals surface area contributed by atoms with Crippen molar-refractivity contribution in [2.75, 3.05) is 18.5 Å². The number of hydrogen-bond acceptors (Lipinski definition) is 5. The number of nitrogens with zero attached hydrogens (tertiary/aromatic N) is 1. The Kier molecular flexibility index (Phi) is 10.0. The maximum absolute atomic E-state index is 12.9. The SMILES string of the molecule is CC(C)COc1cc2c(cc1Cl)CC(C[C@@H](C)COc1ccnc3c1[C@H](C)CCC3)C21CCC(Nc2cccc(Cl)c2)(C(=O)O)CC1. The Balaban J connectivity index is 1.26. The molecular formula is C39H48Cl2N2O4. The number of hydrogen-bond donors (Lipinski definition) is 2. The van der Waals surface area contributed by atoms with Crippen LogP contribution in [0.3, 0.4) is 0 Å². The van der Waals surface area contributed by atoms with Gasteiger partial charge in [-0.3, -0.25) is 4.98 Å². The predicted molar refractivity (Wildman–Crippen MR) is 189 cm³/mol. The van der Waals surface area contributed by atoms with Gasteiger partial charge in [0.2, 0.25) is 0 Å². The van der Waals surface area contributed by atoms with Crippen LogP contribution in [-0.2, 0) is 23.1 Å². The second-order valence-electron chi connectivity index (χ2n) is 14.8. The molecule has 0 bridgehead atoms. The van der Waals surface area contributed by atoms with Crippen molar-refractivity contribution < 1.29 is 19.4 Å². The number of ether oxygens (including phenoxy) is 2. The molecule has 0 amide bonds. The van der Waals surface area contributed by atoms with Crippen LogP contribution >= 0.6 is 23.2 Å². The third-order valence-electron chi connectivity index (χ3n) is 10.9. The number of carbonyl (C=O) groups is 1. The normalized spacial score (nSPS) is 25.7. The molecule has 3 aliphatic rings. The molecule has 1 heterocycles. The molecule has 0 aliphatic heterocycles. The van der Waals surface area contributed by atoms with Gasteiger partial charge in [-0.2, -0.15) is 0 Å². The molecule has 1 spiro atoms. The van der Waals surface area contributed by atoms with E-state index in [2.05, 4.69) is 50.1 Å². The van der Waals surface area contributed by atoms with Crippen molar-refractivity contribution in [2.45, 2.75) is 102 Å². The molecule has 252 valence electrons. The van der Waals surface area contributed by atoms with Crippen molar-refractivity contribution in [2.24, 2.45) is 17.8 Å². The van der Waals surface area contributed by atoms with Gasteiger partial charge < -0.3 is 19.9 Å². The summed E-state index contributed by atoms with van der Waals surface area (Å²) in [5, 5.41) is 15.2. The Bertz CT molecular complexity index is 1600. The zero-order chi connectivity index (χ0) is 33.3. The van der Waals surface area contributed by atoms with E-state index < -0.39 is 11.5 Å². The van der Waals surface area contributed by atoms with Crippen LogP contribution in [0.2, 0.25) is 10.0 Å². The molecule has 47 heavy (non-hydrogen) atoms. The van der Waals surface area contributed by atoms with Crippen molar-refractivity contribution in [3.63, 3.8) is 0 Å². The smallest absolute Gasteiger partial charge is 0.329 e. The van der Waals surface area contributed by atoms with Gasteiger partial charge in [0, 0.05) is 28.2 Å². The topological polar surface area (TPSA) is 80.7 Å². The van der Waals surface area contributed by atoms with Gasteiger partial charge in [0.25, 0.3) is 0 Å². The van der Waals surface area contributed by atoms with Gasteiger partial charge in [0.1, 0.15) is 17.0 Å². The summed E-state index contributed by atoms with van der Waals surface area (Å²) in [4.78, 5) is 17.6. The molecule has 6 nitrogen and oxygen atoms in total. The molecule has 0 radical (unpaired) electrons. The van der Waals surface area contributed by atoms with Crippen LogP contribution in [0.1, 0.15) is 101 Å². The maximum Gasteiger partial charge on any atom is 0.329 e. The zero-order valence-electron chi connectivity index (χ0n) is 28.1. The highest BCUT2D eigenvalue weighted by Gasteiger charge is 2.54. The van der Waals surface area contributed by atoms with Crippen molar-refractivity contribution in [1.29, 1.82) is 0 Å². The highest BCUT2D eigenvalue weighted by molar-refractivity contribution is 6.32. The third kappa shape index (κ3) is 6.96. The Hall–Kier alpha value is -2.96. The Morgan fingerprint density at radius 2 is 1.81 bits per heavy atom. The number of carboxylic acids is 1. The first-order valence-corrected chi connectivity index (χ1v) is 18.1. The number of aliphatic carboxylic acids is 1. The van der Waals surface area contributed by atoms with Crippen LogP contribution in [0.4, 0.5) is 5.69 Å². The molecule has 1 fully saturated rings. The van der Waals surface area contributed by atoms with E-state index >= 15 is 0 Å². The first-order valence-electron chi connectivity index (χ1n) is 17.3. The van der Waals surface area contributed by atoms with Crippen LogP contribution in [0.25, 0.3) is 0 Å². The summed E-state index contributed by atoms with van der Waals surface area (Å²) in [5.74, 6) is 2.34. The number of halogens is 2. The van der Waals surface area contributed by atoms with Crippen molar-refractivity contribution >= 4 is 34.9 Å². The number of rotatable bonds is 11. The summed E-state index contributed by atoms with van der Waals surface area (Å²) >= 11 is 13.1. The van der Waals surface area contributed by atoms with Crippen molar-refractivity contribution in [3.8, 4) is 11.5 Å². The van der Waals surface area contributed by atoms with Crippen LogP contribution < -0.4 is 14.8 Å². The highest BCUT2D eigenvalue weighted by Crippen LogP contribution is 2.57. The lowest BCUT2D eigenvalue weighted by molar-refractivity contribution is -0.144. The summed E-state index contributed by atoms with van der Waals surface area (Å²) in [6.07, 6.45) is 9.63. The minimum Gasteiger partial charge on any atom is -0.493 e. The fourth-order valence-corrected chi connectivity index (χ4v) is 8.90. The molecule has 3 atom stereocenters. The highest BCUT2D eigenvalue weighted by atomic mass is 35.5. The van der Waals surface area contributed by atoms with Gasteiger partial charge in [-0.15, -0.1) is 0 Å². The molecule has 1 aromatic heterocycles. The second kappa shape index (κ2) is 13.9. The van der Waals surface area contributed by atoms with Crippen LogP contribution in [0.5, 0.6) is 11.5 Å². The molecule has 8 heteroatoms. The van der Waals surface area contributed by atoms with Crippen molar-refractivity contribution in [3.05, 3.63) is 81.1 Å². The number of carboxylic acid groups (broad SMARTS) is 1. The summed E-state index contributed by atoms with van der Waals surface area (Å²) in [5.41, 5.74) is 4.48. The summed E-state index contributed by atoms with van der Waals surface area (Å²) in [6.45, 7) is 10.0. The molecule has 3 aromatic rings. The van der Waals surface area contributed by atoms with Gasteiger partial charge in [-0.1, -0.05) is 57.0 Å². The van der Waals surface area contributed by atoms with Gasteiger partial charge >= 0.3 is 5.97 Å². The lowest BCUT2D eigenvalue weighted by Gasteiger charge is -2.47. The molecular weight excluding hydrogens is 631 g/mol. The molecule has 3 aliphatic carbocycles. The first kappa shape index (κ1) is 33.9. The molecule has 2 N–H and O–H groups in total. The molecule has 1 saturated carbocycles. The number of nitrogens with one attached hydrogen (secondary N) is 1. The van der Waals surface area contributed by atoms with Crippen LogP contribution in [-0.4, -0.2) is 34.8 Å². The van der Waals surface area contributed by atoms with E-state index in [1.807, 2.05) is 24.4 Å². The monoisotopic (exact) mass is 678 g/mol. The number of pyridine rings is 1. The third-order valence-corrected chi connectivity index (χ3v) is 11.4. The maximum atomic E-state index is 12.9. The van der Waals surface area contributed by atoms with E-state index in [-0.39, 0.29) is 5.41 Å². The number of aryl methyl sites for hydroxylation is 1. The van der Waals surface area contributed by atoms with E-state index in [4.69, 9.17) is 32.7 Å². The van der Waals surface area contributed by atoms with Gasteiger partial charge in [0.05, 0.1) is 18.2 Å². The van der Waals surface area contributed by atoms with Crippen LogP contribution in [0, 0.1) is 17.8 Å². The Labute approximate surface area is 289 Å². The zero-order valence-corrected chi connectivity index (χ0v) is 29.6.